The minimum Gasteiger partial charge on any atom is -0.480 e. The Morgan fingerprint density at radius 1 is 1.37 bits per heavy atom. The van der Waals surface area contributed by atoms with Crippen molar-refractivity contribution in [3.63, 3.8) is 0 Å². The van der Waals surface area contributed by atoms with Gasteiger partial charge in [0.2, 0.25) is 0 Å². The lowest BCUT2D eigenvalue weighted by molar-refractivity contribution is -0.139. The number of carbonyl (C=O) groups is 1. The number of rotatable bonds is 1. The summed E-state index contributed by atoms with van der Waals surface area (Å²) in [5, 5.41) is 0. The summed E-state index contributed by atoms with van der Waals surface area (Å²) in [7, 11) is 0. The van der Waals surface area contributed by atoms with Gasteiger partial charge in [-0.2, -0.15) is 0 Å². The summed E-state index contributed by atoms with van der Waals surface area (Å²) >= 11 is 0. The number of ether oxygens (including phenoxy) is 1. The molecule has 2 unspecified atom stereocenters. The van der Waals surface area contributed by atoms with Crippen LogP contribution in [0.5, 0.6) is 5.75 Å². The van der Waals surface area contributed by atoms with E-state index in [-0.39, 0.29) is 30.5 Å². The van der Waals surface area contributed by atoms with Gasteiger partial charge in [0, 0.05) is 25.6 Å². The van der Waals surface area contributed by atoms with Gasteiger partial charge in [-0.15, -0.1) is 12.4 Å². The molecule has 2 atom stereocenters. The lowest BCUT2D eigenvalue weighted by Crippen LogP contribution is -2.50. The topological polar surface area (TPSA) is 55.6 Å². The van der Waals surface area contributed by atoms with Crippen LogP contribution in [0, 0.1) is 0 Å². The van der Waals surface area contributed by atoms with Crippen LogP contribution in [-0.2, 0) is 11.2 Å². The van der Waals surface area contributed by atoms with E-state index in [0.29, 0.717) is 13.0 Å². The number of hydrogen-bond donors (Lipinski definition) is 1. The van der Waals surface area contributed by atoms with Crippen molar-refractivity contribution in [2.24, 2.45) is 5.73 Å². The fourth-order valence-corrected chi connectivity index (χ4v) is 2.73. The first kappa shape index (κ1) is 14.2. The number of para-hydroxylation sites is 1. The molecule has 0 aromatic heterocycles. The number of nitrogens with two attached hydrogens (primary N) is 1. The Hall–Kier alpha value is -1.26. The molecule has 2 aliphatic heterocycles. The highest BCUT2D eigenvalue weighted by Gasteiger charge is 2.33. The summed E-state index contributed by atoms with van der Waals surface area (Å²) < 4.78 is 5.73. The molecule has 0 saturated carbocycles. The Kier molecular flexibility index (Phi) is 4.32. The second kappa shape index (κ2) is 5.80. The lowest BCUT2D eigenvalue weighted by atomic mass is 10.0. The van der Waals surface area contributed by atoms with Crippen molar-refractivity contribution in [3.05, 3.63) is 29.8 Å². The Bertz CT molecular complexity index is 442. The van der Waals surface area contributed by atoms with Crippen molar-refractivity contribution in [2.45, 2.75) is 31.4 Å². The molecule has 1 aromatic rings. The predicted octanol–water partition coefficient (Wildman–Crippen LogP) is 1.36. The quantitative estimate of drug-likeness (QED) is 0.846. The molecule has 2 heterocycles. The normalized spacial score (nSPS) is 25.2. The molecular formula is C14H19ClN2O2. The van der Waals surface area contributed by atoms with Crippen LogP contribution in [0.15, 0.2) is 24.3 Å². The molecule has 0 bridgehead atoms. The van der Waals surface area contributed by atoms with E-state index in [1.807, 2.05) is 29.2 Å². The van der Waals surface area contributed by atoms with Gasteiger partial charge in [-0.1, -0.05) is 18.2 Å². The highest BCUT2D eigenvalue weighted by Crippen LogP contribution is 2.29. The second-order valence-electron chi connectivity index (χ2n) is 5.10. The number of benzene rings is 1. The van der Waals surface area contributed by atoms with E-state index in [1.165, 1.54) is 0 Å². The van der Waals surface area contributed by atoms with E-state index >= 15 is 0 Å². The summed E-state index contributed by atoms with van der Waals surface area (Å²) in [5.74, 6) is 0.929. The molecule has 19 heavy (non-hydrogen) atoms. The summed E-state index contributed by atoms with van der Waals surface area (Å²) in [6, 6.07) is 7.97. The molecule has 3 rings (SSSR count). The first-order valence-electron chi connectivity index (χ1n) is 6.53. The number of carbonyl (C=O) groups excluding carboxylic acids is 1. The lowest BCUT2D eigenvalue weighted by Gasteiger charge is -2.32. The van der Waals surface area contributed by atoms with E-state index in [0.717, 1.165) is 30.7 Å². The van der Waals surface area contributed by atoms with Gasteiger partial charge in [0.25, 0.3) is 5.91 Å². The van der Waals surface area contributed by atoms with Crippen molar-refractivity contribution in [1.82, 2.24) is 4.90 Å². The average molecular weight is 283 g/mol. The van der Waals surface area contributed by atoms with Crippen molar-refractivity contribution in [2.75, 3.05) is 13.1 Å². The summed E-state index contributed by atoms with van der Waals surface area (Å²) in [6.45, 7) is 1.47. The molecule has 0 spiro atoms. The molecule has 1 fully saturated rings. The number of halogens is 1. The minimum atomic E-state index is -0.354. The number of fused-ring (bicyclic) bond motifs is 1. The SMILES string of the molecule is Cl.NC1CCCN(C(=O)C2Cc3ccccc3O2)C1. The molecule has 2 N–H and O–H groups in total. The predicted molar refractivity (Wildman–Crippen MR) is 75.6 cm³/mol. The fraction of sp³-hybridized carbons (Fsp3) is 0.500. The Balaban J connectivity index is 0.00000133. The average Bonchev–Trinajstić information content (AvgIpc) is 2.81. The fourth-order valence-electron chi connectivity index (χ4n) is 2.73. The first-order valence-corrected chi connectivity index (χ1v) is 6.53. The molecule has 104 valence electrons. The summed E-state index contributed by atoms with van der Waals surface area (Å²) in [4.78, 5) is 14.2. The largest absolute Gasteiger partial charge is 0.480 e. The van der Waals surface area contributed by atoms with Gasteiger partial charge in [-0.25, -0.2) is 0 Å². The van der Waals surface area contributed by atoms with Crippen LogP contribution < -0.4 is 10.5 Å². The maximum atomic E-state index is 12.4. The minimum absolute atomic E-state index is 0. The Morgan fingerprint density at radius 3 is 2.89 bits per heavy atom. The van der Waals surface area contributed by atoms with Gasteiger partial charge in [-0.05, 0) is 24.5 Å². The smallest absolute Gasteiger partial charge is 0.264 e. The van der Waals surface area contributed by atoms with E-state index in [4.69, 9.17) is 10.5 Å². The van der Waals surface area contributed by atoms with Gasteiger partial charge in [0.05, 0.1) is 0 Å². The van der Waals surface area contributed by atoms with Gasteiger partial charge in [0.1, 0.15) is 5.75 Å². The van der Waals surface area contributed by atoms with Gasteiger partial charge in [-0.3, -0.25) is 4.79 Å². The zero-order valence-electron chi connectivity index (χ0n) is 10.7. The zero-order valence-corrected chi connectivity index (χ0v) is 11.6. The number of hydrogen-bond acceptors (Lipinski definition) is 3. The number of piperidine rings is 1. The number of nitrogens with zero attached hydrogens (tertiary/aromatic N) is 1. The molecule has 1 saturated heterocycles. The van der Waals surface area contributed by atoms with Crippen molar-refractivity contribution in [3.8, 4) is 5.75 Å². The monoisotopic (exact) mass is 282 g/mol. The van der Waals surface area contributed by atoms with E-state index in [1.54, 1.807) is 0 Å². The highest BCUT2D eigenvalue weighted by atomic mass is 35.5. The van der Waals surface area contributed by atoms with Crippen LogP contribution in [0.25, 0.3) is 0 Å². The Morgan fingerprint density at radius 2 is 2.16 bits per heavy atom. The molecule has 0 aliphatic carbocycles. The third-order valence-corrected chi connectivity index (χ3v) is 3.69. The third kappa shape index (κ3) is 2.85. The maximum absolute atomic E-state index is 12.4. The van der Waals surface area contributed by atoms with Crippen LogP contribution in [0.4, 0.5) is 0 Å². The highest BCUT2D eigenvalue weighted by molar-refractivity contribution is 5.85. The molecule has 2 aliphatic rings. The number of amides is 1. The van der Waals surface area contributed by atoms with Crippen LogP contribution in [0.2, 0.25) is 0 Å². The third-order valence-electron chi connectivity index (χ3n) is 3.69. The molecule has 1 amide bonds. The van der Waals surface area contributed by atoms with Gasteiger partial charge < -0.3 is 15.4 Å². The standard InChI is InChI=1S/C14H18N2O2.ClH/c15-11-5-3-7-16(9-11)14(17)13-8-10-4-1-2-6-12(10)18-13;/h1-2,4,6,11,13H,3,5,7-9,15H2;1H. The molecule has 1 aromatic carbocycles. The van der Waals surface area contributed by atoms with Gasteiger partial charge >= 0.3 is 0 Å². The van der Waals surface area contributed by atoms with Crippen LogP contribution >= 0.6 is 12.4 Å². The van der Waals surface area contributed by atoms with Crippen LogP contribution in [0.1, 0.15) is 18.4 Å². The molecule has 4 nitrogen and oxygen atoms in total. The van der Waals surface area contributed by atoms with Gasteiger partial charge in [0.15, 0.2) is 6.10 Å². The Labute approximate surface area is 119 Å². The molecular weight excluding hydrogens is 264 g/mol. The van der Waals surface area contributed by atoms with E-state index in [2.05, 4.69) is 0 Å². The zero-order chi connectivity index (χ0) is 12.5. The molecule has 5 heteroatoms. The van der Waals surface area contributed by atoms with E-state index < -0.39 is 0 Å². The van der Waals surface area contributed by atoms with Crippen molar-refractivity contribution in [1.29, 1.82) is 0 Å². The summed E-state index contributed by atoms with van der Waals surface area (Å²) in [5.41, 5.74) is 7.03. The van der Waals surface area contributed by atoms with Crippen LogP contribution in [0.3, 0.4) is 0 Å². The second-order valence-corrected chi connectivity index (χ2v) is 5.10. The number of likely N-dealkylation sites (tertiary alicyclic amines) is 1. The summed E-state index contributed by atoms with van der Waals surface area (Å²) in [6.07, 6.45) is 2.33. The maximum Gasteiger partial charge on any atom is 0.264 e. The van der Waals surface area contributed by atoms with E-state index in [9.17, 15) is 4.79 Å². The van der Waals surface area contributed by atoms with Crippen molar-refractivity contribution >= 4 is 18.3 Å². The van der Waals surface area contributed by atoms with Crippen molar-refractivity contribution < 1.29 is 9.53 Å². The molecule has 0 radical (unpaired) electrons. The van der Waals surface area contributed by atoms with Crippen LogP contribution in [-0.4, -0.2) is 36.0 Å². The first-order chi connectivity index (χ1) is 8.74.